The molecular formula is C15H22N4OS. The van der Waals surface area contributed by atoms with Gasteiger partial charge in [-0.3, -0.25) is 0 Å². The molecule has 2 unspecified atom stereocenters. The van der Waals surface area contributed by atoms with E-state index in [9.17, 15) is 0 Å². The number of hydrogen-bond donors (Lipinski definition) is 1. The smallest absolute Gasteiger partial charge is 0.231 e. The highest BCUT2D eigenvalue weighted by Gasteiger charge is 2.28. The third-order valence-corrected chi connectivity index (χ3v) is 5.02. The molecule has 2 atom stereocenters. The lowest BCUT2D eigenvalue weighted by Crippen LogP contribution is -2.31. The van der Waals surface area contributed by atoms with Gasteiger partial charge in [0.2, 0.25) is 5.89 Å². The van der Waals surface area contributed by atoms with Crippen molar-refractivity contribution in [1.82, 2.24) is 20.4 Å². The van der Waals surface area contributed by atoms with Crippen molar-refractivity contribution in [3.63, 3.8) is 0 Å². The van der Waals surface area contributed by atoms with Crippen LogP contribution in [0.5, 0.6) is 0 Å². The summed E-state index contributed by atoms with van der Waals surface area (Å²) >= 11 is 1.66. The molecule has 1 aliphatic carbocycles. The summed E-state index contributed by atoms with van der Waals surface area (Å²) in [6, 6.07) is 0.447. The topological polar surface area (TPSA) is 63.8 Å². The molecule has 0 amide bonds. The Morgan fingerprint density at radius 1 is 1.29 bits per heavy atom. The van der Waals surface area contributed by atoms with E-state index in [1.54, 1.807) is 11.3 Å². The van der Waals surface area contributed by atoms with Gasteiger partial charge >= 0.3 is 0 Å². The first-order valence-electron chi connectivity index (χ1n) is 7.67. The van der Waals surface area contributed by atoms with Crippen molar-refractivity contribution >= 4 is 11.3 Å². The van der Waals surface area contributed by atoms with Crippen molar-refractivity contribution in [2.45, 2.75) is 57.4 Å². The third kappa shape index (κ3) is 3.49. The molecule has 1 aliphatic rings. The summed E-state index contributed by atoms with van der Waals surface area (Å²) in [5, 5.41) is 10.7. The Bertz CT molecular complexity index is 580. The molecule has 2 heterocycles. The summed E-state index contributed by atoms with van der Waals surface area (Å²) in [7, 11) is 2.03. The lowest BCUT2D eigenvalue weighted by Gasteiger charge is -2.20. The molecule has 1 fully saturated rings. The van der Waals surface area contributed by atoms with Crippen LogP contribution in [0.25, 0.3) is 0 Å². The highest BCUT2D eigenvalue weighted by atomic mass is 32.1. The number of aryl methyl sites for hydroxylation is 1. The Morgan fingerprint density at radius 3 is 2.90 bits per heavy atom. The minimum atomic E-state index is 0.343. The molecular weight excluding hydrogens is 284 g/mol. The number of aromatic nitrogens is 3. The average molecular weight is 306 g/mol. The van der Waals surface area contributed by atoms with Crippen LogP contribution in [0.3, 0.4) is 0 Å². The highest BCUT2D eigenvalue weighted by molar-refractivity contribution is 7.09. The van der Waals surface area contributed by atoms with E-state index in [-0.39, 0.29) is 0 Å². The summed E-state index contributed by atoms with van der Waals surface area (Å²) in [4.78, 5) is 9.08. The molecule has 6 heteroatoms. The largest absolute Gasteiger partial charge is 0.339 e. The first kappa shape index (κ1) is 14.7. The number of nitrogens with one attached hydrogen (secondary N) is 1. The molecule has 5 nitrogen and oxygen atoms in total. The molecule has 2 aromatic heterocycles. The van der Waals surface area contributed by atoms with Gasteiger partial charge in [0.15, 0.2) is 5.82 Å². The summed E-state index contributed by atoms with van der Waals surface area (Å²) < 4.78 is 5.55. The highest BCUT2D eigenvalue weighted by Crippen LogP contribution is 2.31. The Labute approximate surface area is 129 Å². The zero-order valence-corrected chi connectivity index (χ0v) is 13.4. The SMILES string of the molecule is CNC1CCCCCC1c1nc(Cc2csc(C)n2)no1. The predicted molar refractivity (Wildman–Crippen MR) is 82.6 cm³/mol. The van der Waals surface area contributed by atoms with Gasteiger partial charge in [-0.15, -0.1) is 11.3 Å². The standard InChI is InChI=1S/C15H22N4OS/c1-10-17-11(9-21-10)8-14-18-15(20-19-14)12-6-4-3-5-7-13(12)16-2/h9,12-13,16H,3-8H2,1-2H3. The van der Waals surface area contributed by atoms with Gasteiger partial charge in [-0.1, -0.05) is 24.4 Å². The maximum atomic E-state index is 5.55. The normalized spacial score (nSPS) is 23.1. The summed E-state index contributed by atoms with van der Waals surface area (Å²) in [6.45, 7) is 2.01. The second-order valence-electron chi connectivity index (χ2n) is 5.72. The molecule has 21 heavy (non-hydrogen) atoms. The van der Waals surface area contributed by atoms with Crippen LogP contribution >= 0.6 is 11.3 Å². The van der Waals surface area contributed by atoms with Crippen molar-refractivity contribution in [2.24, 2.45) is 0 Å². The Morgan fingerprint density at radius 2 is 2.14 bits per heavy atom. The van der Waals surface area contributed by atoms with E-state index >= 15 is 0 Å². The molecule has 1 N–H and O–H groups in total. The molecule has 2 aromatic rings. The van der Waals surface area contributed by atoms with Gasteiger partial charge in [0.05, 0.1) is 23.0 Å². The van der Waals surface area contributed by atoms with Crippen molar-refractivity contribution in [3.05, 3.63) is 27.8 Å². The molecule has 0 saturated heterocycles. The van der Waals surface area contributed by atoms with E-state index in [0.717, 1.165) is 28.8 Å². The van der Waals surface area contributed by atoms with Gasteiger partial charge in [0.1, 0.15) is 0 Å². The molecule has 0 spiro atoms. The summed E-state index contributed by atoms with van der Waals surface area (Å²) in [6.07, 6.45) is 6.79. The van der Waals surface area contributed by atoms with Crippen LogP contribution in [0.2, 0.25) is 0 Å². The van der Waals surface area contributed by atoms with Crippen LogP contribution < -0.4 is 5.32 Å². The van der Waals surface area contributed by atoms with E-state index in [1.165, 1.54) is 25.7 Å². The second kappa shape index (κ2) is 6.66. The number of likely N-dealkylation sites (N-methyl/N-ethyl adjacent to an activating group) is 1. The van der Waals surface area contributed by atoms with Crippen LogP contribution in [0.15, 0.2) is 9.90 Å². The van der Waals surface area contributed by atoms with E-state index in [2.05, 4.69) is 25.8 Å². The van der Waals surface area contributed by atoms with Gasteiger partial charge in [0, 0.05) is 11.4 Å². The maximum absolute atomic E-state index is 5.55. The Balaban J connectivity index is 1.73. The van der Waals surface area contributed by atoms with Gasteiger partial charge in [-0.05, 0) is 26.8 Å². The lowest BCUT2D eigenvalue weighted by atomic mass is 9.95. The van der Waals surface area contributed by atoms with Crippen LogP contribution in [0.4, 0.5) is 0 Å². The third-order valence-electron chi connectivity index (χ3n) is 4.19. The molecule has 0 radical (unpaired) electrons. The number of rotatable bonds is 4. The fourth-order valence-corrected chi connectivity index (χ4v) is 3.70. The summed E-state index contributed by atoms with van der Waals surface area (Å²) in [5.41, 5.74) is 1.02. The molecule has 0 aliphatic heterocycles. The molecule has 1 saturated carbocycles. The Kier molecular flexibility index (Phi) is 4.65. The molecule has 114 valence electrons. The Hall–Kier alpha value is -1.27. The maximum Gasteiger partial charge on any atom is 0.231 e. The second-order valence-corrected chi connectivity index (χ2v) is 6.79. The van der Waals surface area contributed by atoms with Gasteiger partial charge in [0.25, 0.3) is 0 Å². The molecule has 0 aromatic carbocycles. The van der Waals surface area contributed by atoms with Gasteiger partial charge in [-0.25, -0.2) is 4.98 Å². The van der Waals surface area contributed by atoms with E-state index < -0.39 is 0 Å². The zero-order valence-electron chi connectivity index (χ0n) is 12.6. The zero-order chi connectivity index (χ0) is 14.7. The monoisotopic (exact) mass is 306 g/mol. The number of thiazole rings is 1. The van der Waals surface area contributed by atoms with Crippen molar-refractivity contribution in [2.75, 3.05) is 7.05 Å². The van der Waals surface area contributed by atoms with Crippen molar-refractivity contribution in [1.29, 1.82) is 0 Å². The van der Waals surface area contributed by atoms with Gasteiger partial charge in [-0.2, -0.15) is 4.98 Å². The number of nitrogens with zero attached hydrogens (tertiary/aromatic N) is 3. The van der Waals surface area contributed by atoms with Crippen LogP contribution in [0.1, 0.15) is 60.4 Å². The average Bonchev–Trinajstić information content (AvgIpc) is 3.02. The van der Waals surface area contributed by atoms with Crippen molar-refractivity contribution in [3.8, 4) is 0 Å². The van der Waals surface area contributed by atoms with Crippen molar-refractivity contribution < 1.29 is 4.52 Å². The van der Waals surface area contributed by atoms with E-state index in [0.29, 0.717) is 18.4 Å². The first-order valence-corrected chi connectivity index (χ1v) is 8.55. The van der Waals surface area contributed by atoms with E-state index in [1.807, 2.05) is 14.0 Å². The first-order chi connectivity index (χ1) is 10.3. The van der Waals surface area contributed by atoms with Crippen LogP contribution in [-0.4, -0.2) is 28.2 Å². The minimum Gasteiger partial charge on any atom is -0.339 e. The minimum absolute atomic E-state index is 0.343. The molecule has 0 bridgehead atoms. The van der Waals surface area contributed by atoms with Gasteiger partial charge < -0.3 is 9.84 Å². The predicted octanol–water partition coefficient (Wildman–Crippen LogP) is 3.06. The number of hydrogen-bond acceptors (Lipinski definition) is 6. The summed E-state index contributed by atoms with van der Waals surface area (Å²) in [5.74, 6) is 1.88. The van der Waals surface area contributed by atoms with Crippen LogP contribution in [0, 0.1) is 6.92 Å². The fraction of sp³-hybridized carbons (Fsp3) is 0.667. The van der Waals surface area contributed by atoms with Crippen LogP contribution in [-0.2, 0) is 6.42 Å². The lowest BCUT2D eigenvalue weighted by molar-refractivity contribution is 0.309. The quantitative estimate of drug-likeness (QED) is 0.880. The van der Waals surface area contributed by atoms with E-state index in [4.69, 9.17) is 4.52 Å². The molecule has 3 rings (SSSR count). The fourth-order valence-electron chi connectivity index (χ4n) is 3.09.